The maximum atomic E-state index is 12.5. The van der Waals surface area contributed by atoms with Gasteiger partial charge in [0.25, 0.3) is 0 Å². The minimum Gasteiger partial charge on any atom is -0.508 e. The average molecular weight is 417 g/mol. The third-order valence-corrected chi connectivity index (χ3v) is 5.52. The first-order chi connectivity index (χ1) is 13.8. The number of nitrogens with zero attached hydrogens (tertiary/aromatic N) is 3. The fraction of sp³-hybridized carbons (Fsp3) is 0.300. The Bertz CT molecular complexity index is 982. The van der Waals surface area contributed by atoms with Gasteiger partial charge in [-0.15, -0.1) is 0 Å². The van der Waals surface area contributed by atoms with Crippen molar-refractivity contribution in [1.82, 2.24) is 9.29 Å². The van der Waals surface area contributed by atoms with Gasteiger partial charge in [-0.05, 0) is 43.5 Å². The molecule has 1 aliphatic rings. The molecule has 1 fully saturated rings. The van der Waals surface area contributed by atoms with Crippen LogP contribution >= 0.6 is 0 Å². The molecule has 2 atom stereocenters. The van der Waals surface area contributed by atoms with E-state index < -0.39 is 22.4 Å². The van der Waals surface area contributed by atoms with E-state index in [1.165, 1.54) is 18.3 Å². The van der Waals surface area contributed by atoms with Crippen LogP contribution in [0.2, 0.25) is 0 Å². The van der Waals surface area contributed by atoms with Crippen molar-refractivity contribution in [1.29, 1.82) is 5.26 Å². The summed E-state index contributed by atoms with van der Waals surface area (Å²) < 4.78 is 26.4. The summed E-state index contributed by atoms with van der Waals surface area (Å²) in [6.45, 7) is 2.10. The molecule has 1 saturated heterocycles. The zero-order valence-corrected chi connectivity index (χ0v) is 16.5. The lowest BCUT2D eigenvalue weighted by molar-refractivity contribution is -0.000503. The highest BCUT2D eigenvalue weighted by Gasteiger charge is 2.38. The molecular formula is C20H20FN3O4S. The summed E-state index contributed by atoms with van der Waals surface area (Å²) in [7, 11) is -1.37. The van der Waals surface area contributed by atoms with E-state index in [1.807, 2.05) is 0 Å². The number of phenolic OH excluding ortho intramolecular Hbond substituents is 1. The number of benzene rings is 1. The summed E-state index contributed by atoms with van der Waals surface area (Å²) in [6.07, 6.45) is 1.95. The van der Waals surface area contributed by atoms with Crippen LogP contribution in [0.3, 0.4) is 0 Å². The van der Waals surface area contributed by atoms with Gasteiger partial charge in [-0.25, -0.2) is 17.9 Å². The molecule has 0 spiro atoms. The zero-order valence-electron chi connectivity index (χ0n) is 15.7. The second-order valence-corrected chi connectivity index (χ2v) is 7.76. The van der Waals surface area contributed by atoms with E-state index >= 15 is 0 Å². The molecule has 152 valence electrons. The van der Waals surface area contributed by atoms with Crippen LogP contribution in [0.4, 0.5) is 4.39 Å². The van der Waals surface area contributed by atoms with Gasteiger partial charge < -0.3 is 15.3 Å². The number of aromatic nitrogens is 1. The molecule has 2 unspecified atom stereocenters. The highest BCUT2D eigenvalue weighted by Crippen LogP contribution is 2.24. The van der Waals surface area contributed by atoms with Crippen LogP contribution in [0.1, 0.15) is 24.6 Å². The molecule has 0 bridgehead atoms. The summed E-state index contributed by atoms with van der Waals surface area (Å²) in [5.74, 6) is 4.70. The molecule has 2 aromatic rings. The molecule has 0 saturated carbocycles. The SMILES string of the molecule is CC#Cc1ccc(S(=O)N2CCC(O)(CO)C2)cn1.N#Cc1ccc(O)cc1F. The van der Waals surface area contributed by atoms with Gasteiger partial charge in [0.2, 0.25) is 0 Å². The summed E-state index contributed by atoms with van der Waals surface area (Å²) >= 11 is 0. The van der Waals surface area contributed by atoms with Crippen molar-refractivity contribution >= 4 is 11.0 Å². The molecule has 0 aliphatic carbocycles. The monoisotopic (exact) mass is 417 g/mol. The number of aliphatic hydroxyl groups excluding tert-OH is 1. The third kappa shape index (κ3) is 6.08. The maximum Gasteiger partial charge on any atom is 0.144 e. The number of aromatic hydroxyl groups is 1. The van der Waals surface area contributed by atoms with Crippen LogP contribution in [0.15, 0.2) is 41.4 Å². The van der Waals surface area contributed by atoms with E-state index in [9.17, 15) is 13.7 Å². The molecule has 1 aromatic heterocycles. The highest BCUT2D eigenvalue weighted by molar-refractivity contribution is 7.82. The second kappa shape index (κ2) is 10.1. The molecule has 0 amide bonds. The standard InChI is InChI=1S/C13H16N2O3S.C7H4FNO/c1-2-3-11-4-5-12(8-14-11)19(18)15-7-6-13(17,9-15)10-16;8-7-3-6(10)2-1-5(7)4-9/h4-5,8,16-17H,6-7,9-10H2,1H3;1-3,10H. The Labute approximate surface area is 170 Å². The number of pyridine rings is 1. The van der Waals surface area contributed by atoms with Gasteiger partial charge in [-0.1, -0.05) is 5.92 Å². The van der Waals surface area contributed by atoms with Crippen molar-refractivity contribution in [2.75, 3.05) is 19.7 Å². The van der Waals surface area contributed by atoms with E-state index in [4.69, 9.17) is 15.5 Å². The van der Waals surface area contributed by atoms with E-state index in [0.717, 1.165) is 6.07 Å². The molecule has 2 heterocycles. The van der Waals surface area contributed by atoms with Crippen molar-refractivity contribution in [2.45, 2.75) is 23.8 Å². The minimum atomic E-state index is -1.37. The van der Waals surface area contributed by atoms with Crippen LogP contribution in [0.5, 0.6) is 5.75 Å². The number of hydrogen-bond donors (Lipinski definition) is 3. The fourth-order valence-corrected chi connectivity index (χ4v) is 3.76. The number of halogens is 1. The van der Waals surface area contributed by atoms with Crippen LogP contribution in [0.25, 0.3) is 0 Å². The first-order valence-electron chi connectivity index (χ1n) is 8.59. The lowest BCUT2D eigenvalue weighted by Gasteiger charge is -2.20. The molecule has 0 radical (unpaired) electrons. The fourth-order valence-electron chi connectivity index (χ4n) is 2.52. The Morgan fingerprint density at radius 2 is 2.14 bits per heavy atom. The number of rotatable bonds is 3. The van der Waals surface area contributed by atoms with Gasteiger partial charge >= 0.3 is 0 Å². The van der Waals surface area contributed by atoms with E-state index in [-0.39, 0.29) is 24.5 Å². The molecule has 1 aromatic carbocycles. The summed E-state index contributed by atoms with van der Waals surface area (Å²) in [6, 6.07) is 8.47. The normalized spacial score (nSPS) is 19.3. The number of β-amino-alcohol motifs (C(OH)–C–C–N with tert-alkyl or cyclic N) is 1. The largest absolute Gasteiger partial charge is 0.508 e. The predicted molar refractivity (Wildman–Crippen MR) is 104 cm³/mol. The van der Waals surface area contributed by atoms with Crippen molar-refractivity contribution in [3.8, 4) is 23.7 Å². The van der Waals surface area contributed by atoms with Crippen molar-refractivity contribution in [2.24, 2.45) is 0 Å². The lowest BCUT2D eigenvalue weighted by Crippen LogP contribution is -2.37. The number of phenols is 1. The van der Waals surface area contributed by atoms with Crippen molar-refractivity contribution in [3.63, 3.8) is 0 Å². The molecule has 9 heteroatoms. The van der Waals surface area contributed by atoms with Crippen LogP contribution in [-0.4, -0.2) is 54.1 Å². The topological polar surface area (TPSA) is 118 Å². The molecule has 3 N–H and O–H groups in total. The average Bonchev–Trinajstić information content (AvgIpc) is 3.12. The first-order valence-corrected chi connectivity index (χ1v) is 9.70. The van der Waals surface area contributed by atoms with Crippen LogP contribution in [0, 0.1) is 29.0 Å². The molecule has 29 heavy (non-hydrogen) atoms. The van der Waals surface area contributed by atoms with Crippen molar-refractivity contribution in [3.05, 3.63) is 53.6 Å². The Hall–Kier alpha value is -2.82. The highest BCUT2D eigenvalue weighted by atomic mass is 32.2. The number of hydrogen-bond acceptors (Lipinski definition) is 6. The summed E-state index contributed by atoms with van der Waals surface area (Å²) in [5, 5.41) is 35.9. The van der Waals surface area contributed by atoms with E-state index in [2.05, 4.69) is 16.8 Å². The van der Waals surface area contributed by atoms with Crippen LogP contribution < -0.4 is 0 Å². The lowest BCUT2D eigenvalue weighted by atomic mass is 10.1. The van der Waals surface area contributed by atoms with E-state index in [0.29, 0.717) is 23.6 Å². The molecule has 1 aliphatic heterocycles. The quantitative estimate of drug-likeness (QED) is 0.648. The van der Waals surface area contributed by atoms with E-state index in [1.54, 1.807) is 29.4 Å². The second-order valence-electron chi connectivity index (χ2n) is 6.28. The van der Waals surface area contributed by atoms with Gasteiger partial charge in [0.05, 0.1) is 17.1 Å². The third-order valence-electron chi connectivity index (χ3n) is 4.09. The summed E-state index contributed by atoms with van der Waals surface area (Å²) in [5.41, 5.74) is -0.564. The van der Waals surface area contributed by atoms with Gasteiger partial charge in [-0.3, -0.25) is 0 Å². The van der Waals surface area contributed by atoms with Gasteiger partial charge in [0, 0.05) is 25.4 Å². The minimum absolute atomic E-state index is 0.0576. The van der Waals surface area contributed by atoms with Crippen molar-refractivity contribution < 1.29 is 23.9 Å². The predicted octanol–water partition coefficient (Wildman–Crippen LogP) is 1.31. The Kier molecular flexibility index (Phi) is 7.82. The van der Waals surface area contributed by atoms with Gasteiger partial charge in [-0.2, -0.15) is 5.26 Å². The Morgan fingerprint density at radius 3 is 2.66 bits per heavy atom. The zero-order chi connectivity index (χ0) is 21.4. The first kappa shape index (κ1) is 22.5. The smallest absolute Gasteiger partial charge is 0.144 e. The maximum absolute atomic E-state index is 12.5. The Morgan fingerprint density at radius 1 is 1.38 bits per heavy atom. The van der Waals surface area contributed by atoms with Gasteiger partial charge in [0.1, 0.15) is 39.9 Å². The molecule has 3 rings (SSSR count). The Balaban J connectivity index is 0.000000253. The van der Waals surface area contributed by atoms with Crippen LogP contribution in [-0.2, 0) is 11.0 Å². The van der Waals surface area contributed by atoms with Gasteiger partial charge in [0.15, 0.2) is 0 Å². The molecule has 7 nitrogen and oxygen atoms in total. The number of aliphatic hydroxyl groups is 2. The summed E-state index contributed by atoms with van der Waals surface area (Å²) in [4.78, 5) is 4.69. The number of nitriles is 1. The molecular weight excluding hydrogens is 397 g/mol.